The number of anilines is 1. The Bertz CT molecular complexity index is 599. The van der Waals surface area contributed by atoms with Crippen LogP contribution < -0.4 is 5.32 Å². The van der Waals surface area contributed by atoms with E-state index in [1.807, 2.05) is 37.1 Å². The van der Waals surface area contributed by atoms with Crippen LogP contribution in [0.3, 0.4) is 0 Å². The normalized spacial score (nSPS) is 14.3. The average Bonchev–Trinajstić information content (AvgIpc) is 3.01. The van der Waals surface area contributed by atoms with E-state index >= 15 is 0 Å². The Morgan fingerprint density at radius 2 is 2.40 bits per heavy atom. The molecule has 20 heavy (non-hydrogen) atoms. The first kappa shape index (κ1) is 12.8. The number of aromatic nitrogens is 2. The highest BCUT2D eigenvalue weighted by Crippen LogP contribution is 2.29. The number of amides is 2. The lowest BCUT2D eigenvalue weighted by atomic mass is 10.4. The van der Waals surface area contributed by atoms with Gasteiger partial charge in [-0.05, 0) is 31.9 Å². The van der Waals surface area contributed by atoms with Gasteiger partial charge in [0.1, 0.15) is 11.6 Å². The van der Waals surface area contributed by atoms with Crippen molar-refractivity contribution in [2.24, 2.45) is 7.05 Å². The van der Waals surface area contributed by atoms with Gasteiger partial charge in [-0.1, -0.05) is 0 Å². The molecule has 2 amide bonds. The van der Waals surface area contributed by atoms with Gasteiger partial charge >= 0.3 is 6.03 Å². The minimum Gasteiger partial charge on any atom is -0.467 e. The van der Waals surface area contributed by atoms with Gasteiger partial charge in [0.2, 0.25) is 0 Å². The zero-order valence-corrected chi connectivity index (χ0v) is 11.7. The van der Waals surface area contributed by atoms with E-state index in [0.29, 0.717) is 18.4 Å². The summed E-state index contributed by atoms with van der Waals surface area (Å²) in [6, 6.07) is 5.79. The molecule has 6 nitrogen and oxygen atoms in total. The van der Waals surface area contributed by atoms with Crippen LogP contribution in [0.5, 0.6) is 0 Å². The maximum atomic E-state index is 12.4. The van der Waals surface area contributed by atoms with Crippen molar-refractivity contribution in [1.29, 1.82) is 0 Å². The first-order valence-electron chi connectivity index (χ1n) is 6.74. The molecule has 1 N–H and O–H groups in total. The van der Waals surface area contributed by atoms with Crippen molar-refractivity contribution >= 4 is 11.8 Å². The number of furan rings is 1. The summed E-state index contributed by atoms with van der Waals surface area (Å²) in [6.07, 6.45) is 3.74. The number of rotatable bonds is 4. The van der Waals surface area contributed by atoms with Crippen LogP contribution in [0.15, 0.2) is 28.9 Å². The molecule has 2 heterocycles. The predicted molar refractivity (Wildman–Crippen MR) is 74.2 cm³/mol. The van der Waals surface area contributed by atoms with Crippen molar-refractivity contribution < 1.29 is 9.21 Å². The van der Waals surface area contributed by atoms with Gasteiger partial charge < -0.3 is 9.32 Å². The maximum Gasteiger partial charge on any atom is 0.323 e. The molecule has 1 saturated carbocycles. The van der Waals surface area contributed by atoms with Crippen molar-refractivity contribution in [1.82, 2.24) is 14.7 Å². The largest absolute Gasteiger partial charge is 0.467 e. The third kappa shape index (κ3) is 2.68. The fourth-order valence-corrected chi connectivity index (χ4v) is 2.23. The van der Waals surface area contributed by atoms with Gasteiger partial charge in [0, 0.05) is 19.2 Å². The Labute approximate surface area is 117 Å². The van der Waals surface area contributed by atoms with Crippen LogP contribution in [-0.4, -0.2) is 26.8 Å². The van der Waals surface area contributed by atoms with Crippen molar-refractivity contribution in [3.05, 3.63) is 35.9 Å². The number of nitrogens with zero attached hydrogens (tertiary/aromatic N) is 3. The van der Waals surface area contributed by atoms with E-state index in [1.54, 1.807) is 10.9 Å². The lowest BCUT2D eigenvalue weighted by molar-refractivity contribution is 0.200. The lowest BCUT2D eigenvalue weighted by Crippen LogP contribution is -2.36. The quantitative estimate of drug-likeness (QED) is 0.931. The molecule has 1 aliphatic carbocycles. The number of urea groups is 1. The molecule has 0 aromatic carbocycles. The molecular weight excluding hydrogens is 256 g/mol. The molecule has 0 aliphatic heterocycles. The van der Waals surface area contributed by atoms with Gasteiger partial charge in [-0.2, -0.15) is 5.10 Å². The molecule has 2 aromatic rings. The summed E-state index contributed by atoms with van der Waals surface area (Å²) >= 11 is 0. The van der Waals surface area contributed by atoms with Gasteiger partial charge in [-0.15, -0.1) is 0 Å². The van der Waals surface area contributed by atoms with Crippen LogP contribution in [0.1, 0.15) is 24.3 Å². The van der Waals surface area contributed by atoms with Gasteiger partial charge in [0.25, 0.3) is 0 Å². The SMILES string of the molecule is Cc1cc(NC(=O)N(Cc2ccco2)C2CC2)n(C)n1. The molecule has 3 rings (SSSR count). The number of carbonyl (C=O) groups is 1. The second-order valence-corrected chi connectivity index (χ2v) is 5.16. The summed E-state index contributed by atoms with van der Waals surface area (Å²) in [5.41, 5.74) is 0.881. The minimum absolute atomic E-state index is 0.105. The molecule has 0 saturated heterocycles. The molecule has 0 spiro atoms. The zero-order chi connectivity index (χ0) is 14.1. The van der Waals surface area contributed by atoms with Crippen LogP contribution in [0.4, 0.5) is 10.6 Å². The second kappa shape index (κ2) is 5.03. The van der Waals surface area contributed by atoms with Crippen LogP contribution >= 0.6 is 0 Å². The Balaban J connectivity index is 1.71. The predicted octanol–water partition coefficient (Wildman–Crippen LogP) is 2.52. The first-order chi connectivity index (χ1) is 9.63. The van der Waals surface area contributed by atoms with Crippen molar-refractivity contribution in [3.8, 4) is 0 Å². The van der Waals surface area contributed by atoms with Gasteiger partial charge in [0.05, 0.1) is 18.5 Å². The maximum absolute atomic E-state index is 12.4. The molecule has 6 heteroatoms. The molecule has 0 atom stereocenters. The molecule has 1 fully saturated rings. The number of aryl methyl sites for hydroxylation is 2. The molecule has 0 radical (unpaired) electrons. The highest BCUT2D eigenvalue weighted by Gasteiger charge is 2.33. The molecular formula is C14H18N4O2. The van der Waals surface area contributed by atoms with E-state index in [4.69, 9.17) is 4.42 Å². The van der Waals surface area contributed by atoms with E-state index < -0.39 is 0 Å². The summed E-state index contributed by atoms with van der Waals surface area (Å²) in [4.78, 5) is 14.2. The molecule has 1 aliphatic rings. The summed E-state index contributed by atoms with van der Waals surface area (Å²) in [7, 11) is 1.82. The first-order valence-corrected chi connectivity index (χ1v) is 6.74. The van der Waals surface area contributed by atoms with E-state index in [1.165, 1.54) is 0 Å². The monoisotopic (exact) mass is 274 g/mol. The van der Waals surface area contributed by atoms with Crippen molar-refractivity contribution in [2.75, 3.05) is 5.32 Å². The Morgan fingerprint density at radius 1 is 1.60 bits per heavy atom. The standard InChI is InChI=1S/C14H18N4O2/c1-10-8-13(17(2)16-10)15-14(19)18(11-5-6-11)9-12-4-3-7-20-12/h3-4,7-8,11H,5-6,9H2,1-2H3,(H,15,19). The smallest absolute Gasteiger partial charge is 0.323 e. The fourth-order valence-electron chi connectivity index (χ4n) is 2.23. The molecule has 106 valence electrons. The number of carbonyl (C=O) groups excluding carboxylic acids is 1. The van der Waals surface area contributed by atoms with Crippen molar-refractivity contribution in [3.63, 3.8) is 0 Å². The van der Waals surface area contributed by atoms with Gasteiger partial charge in [-0.3, -0.25) is 10.00 Å². The van der Waals surface area contributed by atoms with Crippen molar-refractivity contribution in [2.45, 2.75) is 32.4 Å². The van der Waals surface area contributed by atoms with Crippen LogP contribution in [-0.2, 0) is 13.6 Å². The number of hydrogen-bond donors (Lipinski definition) is 1. The Hall–Kier alpha value is -2.24. The average molecular weight is 274 g/mol. The minimum atomic E-state index is -0.105. The lowest BCUT2D eigenvalue weighted by Gasteiger charge is -2.21. The van der Waals surface area contributed by atoms with Crippen LogP contribution in [0.25, 0.3) is 0 Å². The molecule has 2 aromatic heterocycles. The van der Waals surface area contributed by atoms with Gasteiger partial charge in [-0.25, -0.2) is 4.79 Å². The van der Waals surface area contributed by atoms with E-state index in [9.17, 15) is 4.79 Å². The third-order valence-corrected chi connectivity index (χ3v) is 3.39. The highest BCUT2D eigenvalue weighted by molar-refractivity contribution is 5.88. The van der Waals surface area contributed by atoms with E-state index in [0.717, 1.165) is 24.3 Å². The summed E-state index contributed by atoms with van der Waals surface area (Å²) in [5, 5.41) is 7.14. The molecule has 0 unspecified atom stereocenters. The number of nitrogens with one attached hydrogen (secondary N) is 1. The summed E-state index contributed by atoms with van der Waals surface area (Å²) < 4.78 is 7.00. The van der Waals surface area contributed by atoms with Gasteiger partial charge in [0.15, 0.2) is 0 Å². The summed E-state index contributed by atoms with van der Waals surface area (Å²) in [5.74, 6) is 1.51. The molecule has 0 bridgehead atoms. The fraction of sp³-hybridized carbons (Fsp3) is 0.429. The highest BCUT2D eigenvalue weighted by atomic mass is 16.3. The van der Waals surface area contributed by atoms with Crippen LogP contribution in [0, 0.1) is 6.92 Å². The topological polar surface area (TPSA) is 63.3 Å². The summed E-state index contributed by atoms with van der Waals surface area (Å²) in [6.45, 7) is 2.40. The Morgan fingerprint density at radius 3 is 2.95 bits per heavy atom. The second-order valence-electron chi connectivity index (χ2n) is 5.16. The van der Waals surface area contributed by atoms with Crippen LogP contribution in [0.2, 0.25) is 0 Å². The van der Waals surface area contributed by atoms with E-state index in [2.05, 4.69) is 10.4 Å². The Kier molecular flexibility index (Phi) is 3.22. The van der Waals surface area contributed by atoms with E-state index in [-0.39, 0.29) is 6.03 Å². The number of hydrogen-bond acceptors (Lipinski definition) is 3. The zero-order valence-electron chi connectivity index (χ0n) is 11.7. The third-order valence-electron chi connectivity index (χ3n) is 3.39.